The van der Waals surface area contributed by atoms with Gasteiger partial charge in [-0.15, -0.1) is 0 Å². The number of likely N-dealkylation sites (N-methyl/N-ethyl adjacent to an activating group) is 1. The number of hydrogen-bond donors (Lipinski definition) is 2. The molecule has 2 rings (SSSR count). The van der Waals surface area contributed by atoms with Crippen molar-refractivity contribution in [3.05, 3.63) is 54.1 Å². The van der Waals surface area contributed by atoms with E-state index in [4.69, 9.17) is 9.47 Å². The minimum absolute atomic E-state index is 0.0649. The molecule has 1 unspecified atom stereocenters. The van der Waals surface area contributed by atoms with Crippen LogP contribution in [0.1, 0.15) is 32.4 Å². The Labute approximate surface area is 167 Å². The molecule has 0 heterocycles. The number of nitrogens with zero attached hydrogens (tertiary/aromatic N) is 1. The van der Waals surface area contributed by atoms with Gasteiger partial charge in [0, 0.05) is 25.8 Å². The predicted octanol–water partition coefficient (Wildman–Crippen LogP) is 3.98. The molecule has 0 aliphatic carbocycles. The highest BCUT2D eigenvalue weighted by atomic mass is 16.5. The summed E-state index contributed by atoms with van der Waals surface area (Å²) < 4.78 is 11.2. The molecule has 1 atom stereocenters. The zero-order valence-corrected chi connectivity index (χ0v) is 17.4. The van der Waals surface area contributed by atoms with Gasteiger partial charge in [0.05, 0.1) is 19.3 Å². The second-order valence-electron chi connectivity index (χ2n) is 6.96. The summed E-state index contributed by atoms with van der Waals surface area (Å²) >= 11 is 0. The molecule has 0 aromatic heterocycles. The Hall–Kier alpha value is -2.89. The van der Waals surface area contributed by atoms with Gasteiger partial charge in [-0.2, -0.15) is 0 Å². The quantitative estimate of drug-likeness (QED) is 0.685. The van der Waals surface area contributed by atoms with Crippen LogP contribution in [0.3, 0.4) is 0 Å². The maximum atomic E-state index is 12.2. The van der Waals surface area contributed by atoms with Crippen molar-refractivity contribution in [1.29, 1.82) is 0 Å². The minimum Gasteiger partial charge on any atom is -0.493 e. The number of amides is 2. The summed E-state index contributed by atoms with van der Waals surface area (Å²) in [5.41, 5.74) is 2.07. The SMILES string of the molecule is COc1cc(C(C)NC(=O)NCCN(C)c2ccccc2)ccc1OC(C)C. The predicted molar refractivity (Wildman–Crippen MR) is 113 cm³/mol. The summed E-state index contributed by atoms with van der Waals surface area (Å²) in [6.45, 7) is 7.15. The van der Waals surface area contributed by atoms with Crippen molar-refractivity contribution < 1.29 is 14.3 Å². The van der Waals surface area contributed by atoms with Gasteiger partial charge in [0.2, 0.25) is 0 Å². The highest BCUT2D eigenvalue weighted by molar-refractivity contribution is 5.74. The number of hydrogen-bond acceptors (Lipinski definition) is 4. The summed E-state index contributed by atoms with van der Waals surface area (Å²) in [5.74, 6) is 1.35. The van der Waals surface area contributed by atoms with Crippen LogP contribution in [0.25, 0.3) is 0 Å². The largest absolute Gasteiger partial charge is 0.493 e. The van der Waals surface area contributed by atoms with E-state index in [2.05, 4.69) is 15.5 Å². The van der Waals surface area contributed by atoms with Crippen molar-refractivity contribution >= 4 is 11.7 Å². The maximum absolute atomic E-state index is 12.2. The van der Waals surface area contributed by atoms with Crippen LogP contribution in [0.15, 0.2) is 48.5 Å². The van der Waals surface area contributed by atoms with Crippen LogP contribution >= 0.6 is 0 Å². The number of nitrogens with one attached hydrogen (secondary N) is 2. The Morgan fingerprint density at radius 1 is 1.07 bits per heavy atom. The summed E-state index contributed by atoms with van der Waals surface area (Å²) in [6.07, 6.45) is 0.0649. The molecule has 28 heavy (non-hydrogen) atoms. The number of carbonyl (C=O) groups is 1. The summed E-state index contributed by atoms with van der Waals surface area (Å²) in [7, 11) is 3.62. The van der Waals surface area contributed by atoms with Crippen LogP contribution in [0.2, 0.25) is 0 Å². The van der Waals surface area contributed by atoms with Crippen molar-refractivity contribution in [2.24, 2.45) is 0 Å². The Balaban J connectivity index is 1.84. The van der Waals surface area contributed by atoms with Crippen molar-refractivity contribution in [1.82, 2.24) is 10.6 Å². The lowest BCUT2D eigenvalue weighted by atomic mass is 10.1. The van der Waals surface area contributed by atoms with E-state index < -0.39 is 0 Å². The molecule has 0 spiro atoms. The minimum atomic E-state index is -0.199. The third kappa shape index (κ3) is 6.37. The third-order valence-corrected chi connectivity index (χ3v) is 4.33. The van der Waals surface area contributed by atoms with Crippen LogP contribution in [-0.4, -0.2) is 39.4 Å². The molecule has 6 heteroatoms. The zero-order valence-electron chi connectivity index (χ0n) is 17.4. The highest BCUT2D eigenvalue weighted by Crippen LogP contribution is 2.31. The van der Waals surface area contributed by atoms with E-state index in [1.165, 1.54) is 0 Å². The standard InChI is InChI=1S/C22H31N3O3/c1-16(2)28-20-12-11-18(15-21(20)27-5)17(3)24-22(26)23-13-14-25(4)19-9-7-6-8-10-19/h6-12,15-17H,13-14H2,1-5H3,(H2,23,24,26). The average molecular weight is 386 g/mol. The molecular formula is C22H31N3O3. The Kier molecular flexibility index (Phi) is 7.99. The van der Waals surface area contributed by atoms with Crippen molar-refractivity contribution in [3.8, 4) is 11.5 Å². The van der Waals surface area contributed by atoms with Crippen molar-refractivity contribution in [3.63, 3.8) is 0 Å². The van der Waals surface area contributed by atoms with E-state index in [1.807, 2.05) is 76.3 Å². The number of ether oxygens (including phenoxy) is 2. The lowest BCUT2D eigenvalue weighted by Gasteiger charge is -2.21. The molecule has 0 bridgehead atoms. The van der Waals surface area contributed by atoms with E-state index in [1.54, 1.807) is 7.11 Å². The smallest absolute Gasteiger partial charge is 0.315 e. The van der Waals surface area contributed by atoms with E-state index in [0.717, 1.165) is 17.8 Å². The summed E-state index contributed by atoms with van der Waals surface area (Å²) in [5, 5.41) is 5.86. The van der Waals surface area contributed by atoms with Gasteiger partial charge >= 0.3 is 6.03 Å². The molecule has 2 N–H and O–H groups in total. The van der Waals surface area contributed by atoms with E-state index in [9.17, 15) is 4.79 Å². The third-order valence-electron chi connectivity index (χ3n) is 4.33. The number of anilines is 1. The number of rotatable bonds is 9. The molecule has 0 saturated carbocycles. The maximum Gasteiger partial charge on any atom is 0.315 e. The number of para-hydroxylation sites is 1. The fraction of sp³-hybridized carbons (Fsp3) is 0.409. The molecule has 2 amide bonds. The lowest BCUT2D eigenvalue weighted by molar-refractivity contribution is 0.230. The number of benzene rings is 2. The second kappa shape index (κ2) is 10.4. The molecule has 0 saturated heterocycles. The summed E-state index contributed by atoms with van der Waals surface area (Å²) in [4.78, 5) is 14.3. The first-order chi connectivity index (χ1) is 13.4. The lowest BCUT2D eigenvalue weighted by Crippen LogP contribution is -2.40. The number of carbonyl (C=O) groups excluding carboxylic acids is 1. The van der Waals surface area contributed by atoms with Crippen molar-refractivity contribution in [2.75, 3.05) is 32.1 Å². The molecule has 6 nitrogen and oxygen atoms in total. The average Bonchev–Trinajstić information content (AvgIpc) is 2.68. The van der Waals surface area contributed by atoms with Gasteiger partial charge in [-0.1, -0.05) is 24.3 Å². The first-order valence-electron chi connectivity index (χ1n) is 9.56. The highest BCUT2D eigenvalue weighted by Gasteiger charge is 2.13. The van der Waals surface area contributed by atoms with Crippen LogP contribution in [-0.2, 0) is 0 Å². The monoisotopic (exact) mass is 385 g/mol. The molecule has 0 fully saturated rings. The molecule has 0 aliphatic heterocycles. The number of methoxy groups -OCH3 is 1. The number of urea groups is 1. The topological polar surface area (TPSA) is 62.8 Å². The van der Waals surface area contributed by atoms with Crippen molar-refractivity contribution in [2.45, 2.75) is 32.9 Å². The van der Waals surface area contributed by atoms with E-state index in [0.29, 0.717) is 18.0 Å². The van der Waals surface area contributed by atoms with Gasteiger partial charge in [-0.25, -0.2) is 4.79 Å². The normalized spacial score (nSPS) is 11.6. The summed E-state index contributed by atoms with van der Waals surface area (Å²) in [6, 6.07) is 15.4. The van der Waals surface area contributed by atoms with Gasteiger partial charge in [-0.05, 0) is 50.6 Å². The van der Waals surface area contributed by atoms with E-state index in [-0.39, 0.29) is 18.2 Å². The second-order valence-corrected chi connectivity index (χ2v) is 6.96. The zero-order chi connectivity index (χ0) is 20.5. The fourth-order valence-electron chi connectivity index (χ4n) is 2.78. The van der Waals surface area contributed by atoms with Crippen LogP contribution in [0.5, 0.6) is 11.5 Å². The Morgan fingerprint density at radius 2 is 1.79 bits per heavy atom. The Morgan fingerprint density at radius 3 is 2.43 bits per heavy atom. The molecule has 0 aliphatic rings. The van der Waals surface area contributed by atoms with Gasteiger partial charge in [0.1, 0.15) is 0 Å². The van der Waals surface area contributed by atoms with Crippen LogP contribution < -0.4 is 25.0 Å². The van der Waals surface area contributed by atoms with Crippen LogP contribution in [0, 0.1) is 0 Å². The van der Waals surface area contributed by atoms with Gasteiger partial charge in [0.15, 0.2) is 11.5 Å². The van der Waals surface area contributed by atoms with Gasteiger partial charge in [0.25, 0.3) is 0 Å². The molecule has 0 radical (unpaired) electrons. The molecule has 2 aromatic rings. The fourth-order valence-corrected chi connectivity index (χ4v) is 2.78. The first kappa shape index (κ1) is 21.4. The van der Waals surface area contributed by atoms with E-state index >= 15 is 0 Å². The van der Waals surface area contributed by atoms with Gasteiger partial charge < -0.3 is 25.0 Å². The molecular weight excluding hydrogens is 354 g/mol. The molecule has 2 aromatic carbocycles. The molecule has 152 valence electrons. The van der Waals surface area contributed by atoms with Gasteiger partial charge in [-0.3, -0.25) is 0 Å². The van der Waals surface area contributed by atoms with Crippen LogP contribution in [0.4, 0.5) is 10.5 Å². The Bertz CT molecular complexity index is 750. The first-order valence-corrected chi connectivity index (χ1v) is 9.56.